The third kappa shape index (κ3) is 3.83. The number of anilines is 1. The van der Waals surface area contributed by atoms with E-state index in [9.17, 15) is 0 Å². The van der Waals surface area contributed by atoms with Crippen LogP contribution in [0.4, 0.5) is 5.82 Å². The zero-order valence-electron chi connectivity index (χ0n) is 17.9. The van der Waals surface area contributed by atoms with E-state index >= 15 is 0 Å². The topological polar surface area (TPSA) is 82.5 Å². The van der Waals surface area contributed by atoms with E-state index < -0.39 is 0 Å². The third-order valence-electron chi connectivity index (χ3n) is 5.89. The molecular weight excluding hydrogens is 424 g/mol. The molecule has 1 aromatic carbocycles. The molecule has 3 heterocycles. The van der Waals surface area contributed by atoms with E-state index in [-0.39, 0.29) is 0 Å². The molecule has 0 bridgehead atoms. The Morgan fingerprint density at radius 1 is 1.10 bits per heavy atom. The molecule has 0 unspecified atom stereocenters. The summed E-state index contributed by atoms with van der Waals surface area (Å²) in [4.78, 5) is 12.0. The number of aromatic nitrogens is 5. The van der Waals surface area contributed by atoms with Crippen molar-refractivity contribution < 1.29 is 0 Å². The van der Waals surface area contributed by atoms with E-state index in [4.69, 9.17) is 10.7 Å². The Bertz CT molecular complexity index is 1240. The summed E-state index contributed by atoms with van der Waals surface area (Å²) < 4.78 is 2.15. The van der Waals surface area contributed by atoms with Crippen LogP contribution in [-0.4, -0.2) is 24.7 Å². The quantitative estimate of drug-likeness (QED) is 0.323. The number of hydrogen-bond donors (Lipinski definition) is 1. The van der Waals surface area contributed by atoms with Crippen LogP contribution in [-0.2, 0) is 25.1 Å². The van der Waals surface area contributed by atoms with Gasteiger partial charge in [-0.1, -0.05) is 42.4 Å². The molecule has 8 heteroatoms. The predicted octanol–water partition coefficient (Wildman–Crippen LogP) is 5.42. The molecule has 2 N–H and O–H groups in total. The first-order valence-corrected chi connectivity index (χ1v) is 12.6. The second kappa shape index (κ2) is 8.59. The van der Waals surface area contributed by atoms with Gasteiger partial charge in [0, 0.05) is 17.0 Å². The summed E-state index contributed by atoms with van der Waals surface area (Å²) in [5.74, 6) is 2.90. The maximum atomic E-state index is 6.41. The van der Waals surface area contributed by atoms with Crippen LogP contribution in [0.15, 0.2) is 29.4 Å². The van der Waals surface area contributed by atoms with Crippen LogP contribution in [0.3, 0.4) is 0 Å². The number of benzene rings is 1. The minimum Gasteiger partial charge on any atom is -0.383 e. The van der Waals surface area contributed by atoms with Crippen molar-refractivity contribution in [3.63, 3.8) is 0 Å². The lowest BCUT2D eigenvalue weighted by atomic mass is 10.1. The Kier molecular flexibility index (Phi) is 5.67. The minimum atomic E-state index is 0.620. The molecule has 1 aliphatic carbocycles. The first-order valence-electron chi connectivity index (χ1n) is 10.8. The van der Waals surface area contributed by atoms with Gasteiger partial charge in [0.1, 0.15) is 16.5 Å². The lowest BCUT2D eigenvalue weighted by Crippen LogP contribution is -2.02. The maximum absolute atomic E-state index is 6.41. The minimum absolute atomic E-state index is 0.620. The number of hydrogen-bond acceptors (Lipinski definition) is 7. The van der Waals surface area contributed by atoms with Crippen LogP contribution in [0, 0.1) is 6.92 Å². The summed E-state index contributed by atoms with van der Waals surface area (Å²) in [7, 11) is 0. The number of thioether (sulfide) groups is 1. The van der Waals surface area contributed by atoms with E-state index in [1.807, 2.05) is 12.1 Å². The van der Waals surface area contributed by atoms with Crippen LogP contribution in [0.25, 0.3) is 21.6 Å². The fraction of sp³-hybridized carbons (Fsp3) is 0.391. The van der Waals surface area contributed by atoms with E-state index in [1.165, 1.54) is 35.3 Å². The number of rotatable bonds is 5. The van der Waals surface area contributed by atoms with Crippen LogP contribution >= 0.6 is 23.1 Å². The third-order valence-corrected chi connectivity index (χ3v) is 8.04. The highest BCUT2D eigenvalue weighted by Gasteiger charge is 2.20. The van der Waals surface area contributed by atoms with Gasteiger partial charge < -0.3 is 10.3 Å². The molecule has 0 atom stereocenters. The van der Waals surface area contributed by atoms with Gasteiger partial charge in [-0.15, -0.1) is 21.5 Å². The lowest BCUT2D eigenvalue weighted by Gasteiger charge is -2.09. The van der Waals surface area contributed by atoms with Crippen LogP contribution in [0.5, 0.6) is 0 Å². The zero-order valence-corrected chi connectivity index (χ0v) is 19.5. The summed E-state index contributed by atoms with van der Waals surface area (Å²) in [6.07, 6.45) is 6.01. The fourth-order valence-electron chi connectivity index (χ4n) is 4.31. The number of nitrogens with two attached hydrogens (primary N) is 1. The molecular formula is C23H26N6S2. The van der Waals surface area contributed by atoms with Crippen LogP contribution < -0.4 is 5.73 Å². The normalized spacial score (nSPS) is 14.0. The molecule has 5 rings (SSSR count). The number of thiophene rings is 1. The Morgan fingerprint density at radius 3 is 2.77 bits per heavy atom. The first-order chi connectivity index (χ1) is 15.2. The molecule has 3 aromatic heterocycles. The molecule has 1 aliphatic rings. The van der Waals surface area contributed by atoms with Crippen LogP contribution in [0.1, 0.15) is 48.0 Å². The molecule has 0 saturated heterocycles. The highest BCUT2D eigenvalue weighted by molar-refractivity contribution is 7.98. The van der Waals surface area contributed by atoms with Crippen molar-refractivity contribution in [1.29, 1.82) is 0 Å². The Hall–Kier alpha value is -2.45. The Balaban J connectivity index is 1.42. The highest BCUT2D eigenvalue weighted by atomic mass is 32.2. The predicted molar refractivity (Wildman–Crippen MR) is 129 cm³/mol. The summed E-state index contributed by atoms with van der Waals surface area (Å²) >= 11 is 3.42. The fourth-order valence-corrected chi connectivity index (χ4v) is 6.45. The molecule has 0 spiro atoms. The average Bonchev–Trinajstić information content (AvgIpc) is 3.25. The molecule has 31 heavy (non-hydrogen) atoms. The maximum Gasteiger partial charge on any atom is 0.191 e. The van der Waals surface area contributed by atoms with Crippen molar-refractivity contribution in [1.82, 2.24) is 24.7 Å². The smallest absolute Gasteiger partial charge is 0.191 e. The number of aryl methyl sites for hydroxylation is 3. The first kappa shape index (κ1) is 20.5. The standard InChI is InChI=1S/C23H26N6S2/c1-3-29-21(15-10-8-7-9-14(15)2)27-28-23(29)30-13-18-25-20(24)19-16-11-5-4-6-12-17(16)31-22(19)26-18/h7-10H,3-6,11-13H2,1-2H3,(H2,24,25,26). The van der Waals surface area contributed by atoms with Gasteiger partial charge in [-0.05, 0) is 50.7 Å². The molecule has 6 nitrogen and oxygen atoms in total. The second-order valence-electron chi connectivity index (χ2n) is 7.92. The van der Waals surface area contributed by atoms with Crippen molar-refractivity contribution in [2.75, 3.05) is 5.73 Å². The number of fused-ring (bicyclic) bond motifs is 3. The Labute approximate surface area is 190 Å². The van der Waals surface area contributed by atoms with Crippen LogP contribution in [0.2, 0.25) is 0 Å². The van der Waals surface area contributed by atoms with Crippen molar-refractivity contribution in [3.8, 4) is 11.4 Å². The highest BCUT2D eigenvalue weighted by Crippen LogP contribution is 2.37. The van der Waals surface area contributed by atoms with Crippen molar-refractivity contribution in [2.24, 2.45) is 0 Å². The van der Waals surface area contributed by atoms with E-state index in [2.05, 4.69) is 45.7 Å². The monoisotopic (exact) mass is 450 g/mol. The van der Waals surface area contributed by atoms with Crippen molar-refractivity contribution in [3.05, 3.63) is 46.1 Å². The summed E-state index contributed by atoms with van der Waals surface area (Å²) in [6, 6.07) is 8.28. The van der Waals surface area contributed by atoms with Crippen molar-refractivity contribution >= 4 is 39.1 Å². The molecule has 0 radical (unpaired) electrons. The molecule has 0 amide bonds. The van der Waals surface area contributed by atoms with Gasteiger partial charge >= 0.3 is 0 Å². The molecule has 0 saturated carbocycles. The SMILES string of the molecule is CCn1c(SCc2nc(N)c3c4c(sc3n2)CCCCC4)nnc1-c1ccccc1C. The zero-order chi connectivity index (χ0) is 21.4. The molecule has 4 aromatic rings. The van der Waals surface area contributed by atoms with E-state index in [1.54, 1.807) is 23.1 Å². The van der Waals surface area contributed by atoms with Gasteiger partial charge in [-0.2, -0.15) is 0 Å². The number of nitrogen functional groups attached to an aromatic ring is 1. The largest absolute Gasteiger partial charge is 0.383 e. The molecule has 0 fully saturated rings. The van der Waals surface area contributed by atoms with E-state index in [0.29, 0.717) is 11.6 Å². The average molecular weight is 451 g/mol. The number of nitrogens with zero attached hydrogens (tertiary/aromatic N) is 5. The lowest BCUT2D eigenvalue weighted by molar-refractivity contribution is 0.686. The molecule has 0 aliphatic heterocycles. The van der Waals surface area contributed by atoms with Gasteiger partial charge in [0.2, 0.25) is 0 Å². The summed E-state index contributed by atoms with van der Waals surface area (Å²) in [5.41, 5.74) is 10.1. The summed E-state index contributed by atoms with van der Waals surface area (Å²) in [6.45, 7) is 5.03. The Morgan fingerprint density at radius 2 is 1.94 bits per heavy atom. The second-order valence-corrected chi connectivity index (χ2v) is 9.95. The van der Waals surface area contributed by atoms with Gasteiger partial charge in [0.25, 0.3) is 0 Å². The molecule has 160 valence electrons. The van der Waals surface area contributed by atoms with Gasteiger partial charge in [0.15, 0.2) is 11.0 Å². The van der Waals surface area contributed by atoms with Gasteiger partial charge in [-0.3, -0.25) is 0 Å². The van der Waals surface area contributed by atoms with Crippen molar-refractivity contribution in [2.45, 2.75) is 63.4 Å². The van der Waals surface area contributed by atoms with Gasteiger partial charge in [-0.25, -0.2) is 9.97 Å². The van der Waals surface area contributed by atoms with Gasteiger partial charge in [0.05, 0.1) is 11.1 Å². The summed E-state index contributed by atoms with van der Waals surface area (Å²) in [5, 5.41) is 10.9. The van der Waals surface area contributed by atoms with E-state index in [0.717, 1.165) is 52.0 Å².